The summed E-state index contributed by atoms with van der Waals surface area (Å²) in [6, 6.07) is 7.22. The summed E-state index contributed by atoms with van der Waals surface area (Å²) in [5, 5.41) is 12.1. The van der Waals surface area contributed by atoms with Gasteiger partial charge in [-0.05, 0) is 50.6 Å². The molecule has 0 spiro atoms. The normalized spacial score (nSPS) is 25.9. The quantitative estimate of drug-likeness (QED) is 0.803. The number of benzene rings is 1. The van der Waals surface area contributed by atoms with Crippen LogP contribution in [-0.2, 0) is 9.53 Å². The van der Waals surface area contributed by atoms with Crippen LogP contribution in [0.5, 0.6) is 5.75 Å². The van der Waals surface area contributed by atoms with Gasteiger partial charge >= 0.3 is 5.97 Å². The van der Waals surface area contributed by atoms with E-state index in [0.29, 0.717) is 6.61 Å². The molecule has 0 aromatic heterocycles. The van der Waals surface area contributed by atoms with E-state index in [-0.39, 0.29) is 17.5 Å². The first kappa shape index (κ1) is 17.1. The van der Waals surface area contributed by atoms with Gasteiger partial charge in [0.2, 0.25) is 0 Å². The molecule has 1 aromatic carbocycles. The van der Waals surface area contributed by atoms with Crippen LogP contribution in [0, 0.1) is 5.92 Å². The number of hydrogen-bond acceptors (Lipinski definition) is 5. The summed E-state index contributed by atoms with van der Waals surface area (Å²) >= 11 is 1.63. The van der Waals surface area contributed by atoms with Crippen LogP contribution in [0.4, 0.5) is 0 Å². The Morgan fingerprint density at radius 2 is 2.18 bits per heavy atom. The first-order chi connectivity index (χ1) is 10.5. The van der Waals surface area contributed by atoms with Crippen LogP contribution in [0.1, 0.15) is 20.3 Å². The molecule has 5 nitrogen and oxygen atoms in total. The second-order valence-electron chi connectivity index (χ2n) is 5.37. The largest absolute Gasteiger partial charge is 0.494 e. The summed E-state index contributed by atoms with van der Waals surface area (Å²) in [6.07, 6.45) is 0.538. The maximum Gasteiger partial charge on any atom is 0.323 e. The number of carbonyl (C=O) groups is 1. The highest BCUT2D eigenvalue weighted by Crippen LogP contribution is 2.38. The highest BCUT2D eigenvalue weighted by Gasteiger charge is 2.40. The van der Waals surface area contributed by atoms with E-state index in [4.69, 9.17) is 9.47 Å². The minimum atomic E-state index is -0.869. The summed E-state index contributed by atoms with van der Waals surface area (Å²) in [5.41, 5.74) is -0.0202. The molecule has 4 atom stereocenters. The molecule has 2 N–H and O–H groups in total. The molecule has 0 bridgehead atoms. The third-order valence-electron chi connectivity index (χ3n) is 3.74. The van der Waals surface area contributed by atoms with Crippen molar-refractivity contribution in [3.63, 3.8) is 0 Å². The predicted molar refractivity (Wildman–Crippen MR) is 86.4 cm³/mol. The van der Waals surface area contributed by atoms with E-state index < -0.39 is 12.0 Å². The molecule has 0 amide bonds. The molecule has 1 saturated heterocycles. The van der Waals surface area contributed by atoms with Gasteiger partial charge in [0.1, 0.15) is 17.2 Å². The molecule has 1 aliphatic heterocycles. The Bertz CT molecular complexity index is 493. The van der Waals surface area contributed by atoms with Gasteiger partial charge in [-0.1, -0.05) is 18.7 Å². The standard InChI is InChI=1S/C16H23NO4S/c1-4-20-11-5-7-12(8-6-11)22-13-9-10(2)15(21-13)14(17-3)16(18)19/h5-8,10,13-15,17H,4,9H2,1-3H3,(H,18,19)/t10-,13?,14?,15-/m1/s1. The molecule has 2 unspecified atom stereocenters. The number of aliphatic carboxylic acids is 1. The number of ether oxygens (including phenoxy) is 2. The van der Waals surface area contributed by atoms with E-state index in [1.54, 1.807) is 18.8 Å². The van der Waals surface area contributed by atoms with Gasteiger partial charge in [-0.3, -0.25) is 4.79 Å². The van der Waals surface area contributed by atoms with Crippen LogP contribution in [0.25, 0.3) is 0 Å². The summed E-state index contributed by atoms with van der Waals surface area (Å²) in [4.78, 5) is 12.4. The van der Waals surface area contributed by atoms with Gasteiger partial charge in [-0.25, -0.2) is 0 Å². The zero-order valence-corrected chi connectivity index (χ0v) is 13.9. The van der Waals surface area contributed by atoms with Crippen LogP contribution >= 0.6 is 11.8 Å². The van der Waals surface area contributed by atoms with Crippen molar-refractivity contribution in [1.82, 2.24) is 5.32 Å². The first-order valence-corrected chi connectivity index (χ1v) is 8.38. The summed E-state index contributed by atoms with van der Waals surface area (Å²) in [6.45, 7) is 4.64. The maximum absolute atomic E-state index is 11.3. The third-order valence-corrected chi connectivity index (χ3v) is 4.85. The van der Waals surface area contributed by atoms with Crippen molar-refractivity contribution < 1.29 is 19.4 Å². The lowest BCUT2D eigenvalue weighted by Crippen LogP contribution is -2.46. The molecular formula is C16H23NO4S. The van der Waals surface area contributed by atoms with E-state index in [1.165, 1.54) is 0 Å². The molecule has 1 aromatic rings. The minimum Gasteiger partial charge on any atom is -0.494 e. The fourth-order valence-corrected chi connectivity index (χ4v) is 3.83. The van der Waals surface area contributed by atoms with Crippen LogP contribution in [0.15, 0.2) is 29.2 Å². The zero-order valence-electron chi connectivity index (χ0n) is 13.1. The van der Waals surface area contributed by atoms with E-state index >= 15 is 0 Å². The molecular weight excluding hydrogens is 302 g/mol. The van der Waals surface area contributed by atoms with Gasteiger partial charge < -0.3 is 19.9 Å². The van der Waals surface area contributed by atoms with Crippen molar-refractivity contribution in [3.8, 4) is 5.75 Å². The minimum absolute atomic E-state index is 0.0202. The van der Waals surface area contributed by atoms with Crippen molar-refractivity contribution in [2.45, 2.75) is 42.7 Å². The zero-order chi connectivity index (χ0) is 16.1. The molecule has 122 valence electrons. The molecule has 0 aliphatic carbocycles. The number of nitrogens with one attached hydrogen (secondary N) is 1. The fraction of sp³-hybridized carbons (Fsp3) is 0.562. The molecule has 6 heteroatoms. The van der Waals surface area contributed by atoms with Crippen molar-refractivity contribution in [1.29, 1.82) is 0 Å². The second kappa shape index (κ2) is 7.85. The van der Waals surface area contributed by atoms with Crippen LogP contribution in [0.2, 0.25) is 0 Å². The lowest BCUT2D eigenvalue weighted by molar-refractivity contribution is -0.143. The van der Waals surface area contributed by atoms with Gasteiger partial charge in [0.15, 0.2) is 0 Å². The molecule has 1 heterocycles. The molecule has 0 saturated carbocycles. The number of hydrogen-bond donors (Lipinski definition) is 2. The van der Waals surface area contributed by atoms with Gasteiger partial charge in [-0.15, -0.1) is 0 Å². The Balaban J connectivity index is 1.96. The predicted octanol–water partition coefficient (Wildman–Crippen LogP) is 2.60. The first-order valence-electron chi connectivity index (χ1n) is 7.50. The summed E-state index contributed by atoms with van der Waals surface area (Å²) in [5.74, 6) is 0.186. The van der Waals surface area contributed by atoms with Gasteiger partial charge in [0, 0.05) is 4.90 Å². The van der Waals surface area contributed by atoms with Crippen LogP contribution < -0.4 is 10.1 Å². The number of carboxylic acid groups (broad SMARTS) is 1. The van der Waals surface area contributed by atoms with E-state index in [0.717, 1.165) is 17.1 Å². The highest BCUT2D eigenvalue weighted by atomic mass is 32.2. The van der Waals surface area contributed by atoms with Gasteiger partial charge in [0.05, 0.1) is 12.7 Å². The SMILES string of the molecule is CCOc1ccc(SC2C[C@@H](C)[C@H](C(NC)C(=O)O)O2)cc1. The highest BCUT2D eigenvalue weighted by molar-refractivity contribution is 7.99. The summed E-state index contributed by atoms with van der Waals surface area (Å²) in [7, 11) is 1.65. The Morgan fingerprint density at radius 3 is 2.73 bits per heavy atom. The lowest BCUT2D eigenvalue weighted by Gasteiger charge is -2.22. The van der Waals surface area contributed by atoms with Crippen molar-refractivity contribution in [2.75, 3.05) is 13.7 Å². The Kier molecular flexibility index (Phi) is 6.11. The maximum atomic E-state index is 11.3. The molecule has 1 aliphatic rings. The van der Waals surface area contributed by atoms with Crippen LogP contribution in [-0.4, -0.2) is 42.3 Å². The average Bonchev–Trinajstić information content (AvgIpc) is 2.82. The molecule has 22 heavy (non-hydrogen) atoms. The Labute approximate surface area is 135 Å². The van der Waals surface area contributed by atoms with E-state index in [2.05, 4.69) is 5.32 Å². The van der Waals surface area contributed by atoms with Gasteiger partial charge in [0.25, 0.3) is 0 Å². The molecule has 0 radical (unpaired) electrons. The molecule has 2 rings (SSSR count). The number of carboxylic acids is 1. The topological polar surface area (TPSA) is 67.8 Å². The van der Waals surface area contributed by atoms with Gasteiger partial charge in [-0.2, -0.15) is 0 Å². The van der Waals surface area contributed by atoms with Crippen LogP contribution in [0.3, 0.4) is 0 Å². The smallest absolute Gasteiger partial charge is 0.323 e. The van der Waals surface area contributed by atoms with Crippen molar-refractivity contribution in [2.24, 2.45) is 5.92 Å². The second-order valence-corrected chi connectivity index (χ2v) is 6.60. The third kappa shape index (κ3) is 4.15. The Morgan fingerprint density at radius 1 is 1.50 bits per heavy atom. The number of rotatable bonds is 7. The molecule has 1 fully saturated rings. The average molecular weight is 325 g/mol. The number of thioether (sulfide) groups is 1. The van der Waals surface area contributed by atoms with Crippen molar-refractivity contribution in [3.05, 3.63) is 24.3 Å². The fourth-order valence-electron chi connectivity index (χ4n) is 2.65. The lowest BCUT2D eigenvalue weighted by atomic mass is 9.98. The van der Waals surface area contributed by atoms with E-state index in [1.807, 2.05) is 38.1 Å². The number of likely N-dealkylation sites (N-methyl/N-ethyl adjacent to an activating group) is 1. The Hall–Kier alpha value is -1.24. The summed E-state index contributed by atoms with van der Waals surface area (Å²) < 4.78 is 11.4. The monoisotopic (exact) mass is 325 g/mol. The van der Waals surface area contributed by atoms with Crippen molar-refractivity contribution >= 4 is 17.7 Å². The van der Waals surface area contributed by atoms with E-state index in [9.17, 15) is 9.90 Å².